The minimum atomic E-state index is -0.594. The highest BCUT2D eigenvalue weighted by atomic mass is 35.5. The highest BCUT2D eigenvalue weighted by Gasteiger charge is 2.09. The second kappa shape index (κ2) is 4.59. The van der Waals surface area contributed by atoms with Gasteiger partial charge in [-0.25, -0.2) is 18.7 Å². The Morgan fingerprint density at radius 1 is 1.16 bits per heavy atom. The summed E-state index contributed by atoms with van der Waals surface area (Å²) in [5.41, 5.74) is 0.998. The summed E-state index contributed by atoms with van der Waals surface area (Å²) in [7, 11) is 0. The molecular weight excluding hydrogens is 272 g/mol. The number of halogens is 3. The number of rotatable bonds is 2. The maximum absolute atomic E-state index is 13.6. The average Bonchev–Trinajstić information content (AvgIpc) is 2.78. The van der Waals surface area contributed by atoms with Crippen LogP contribution in [0.4, 0.5) is 8.78 Å². The number of benzene rings is 1. The summed E-state index contributed by atoms with van der Waals surface area (Å²) in [6.07, 6.45) is 3.09. The molecule has 19 heavy (non-hydrogen) atoms. The lowest BCUT2D eigenvalue weighted by molar-refractivity contribution is 0.567. The number of nitrogens with zero attached hydrogens (tertiary/aromatic N) is 3. The molecule has 3 aromatic rings. The second-order valence-corrected chi connectivity index (χ2v) is 4.44. The fraction of sp³-hybridized carbons (Fsp3) is 0.0769. The molecule has 2 heterocycles. The summed E-state index contributed by atoms with van der Waals surface area (Å²) in [5.74, 6) is -1.18. The van der Waals surface area contributed by atoms with E-state index >= 15 is 0 Å². The molecule has 1 aromatic carbocycles. The van der Waals surface area contributed by atoms with Crippen molar-refractivity contribution in [1.82, 2.24) is 14.5 Å². The summed E-state index contributed by atoms with van der Waals surface area (Å²) >= 11 is 5.94. The molecule has 0 amide bonds. The Kier molecular flexibility index (Phi) is 2.91. The molecule has 0 bridgehead atoms. The maximum Gasteiger partial charge on any atom is 0.145 e. The number of aromatic nitrogens is 3. The van der Waals surface area contributed by atoms with E-state index in [1.165, 1.54) is 18.5 Å². The highest BCUT2D eigenvalue weighted by Crippen LogP contribution is 2.21. The van der Waals surface area contributed by atoms with Gasteiger partial charge < -0.3 is 4.57 Å². The minimum Gasteiger partial charge on any atom is -0.328 e. The third-order valence-corrected chi connectivity index (χ3v) is 3.16. The van der Waals surface area contributed by atoms with Gasteiger partial charge in [0.25, 0.3) is 0 Å². The summed E-state index contributed by atoms with van der Waals surface area (Å²) in [6.45, 7) is 0.253. The standard InChI is InChI=1S/C13H8ClF2N3/c14-12-10-3-4-19(13(10)18-7-17-12)6-8-1-2-9(15)5-11(8)16/h1-5,7H,6H2. The molecule has 6 heteroatoms. The van der Waals surface area contributed by atoms with E-state index in [-0.39, 0.29) is 6.54 Å². The normalized spacial score (nSPS) is 11.1. The Morgan fingerprint density at radius 2 is 2.00 bits per heavy atom. The Morgan fingerprint density at radius 3 is 2.79 bits per heavy atom. The molecule has 2 aromatic heterocycles. The van der Waals surface area contributed by atoms with E-state index in [2.05, 4.69) is 9.97 Å². The first-order valence-electron chi connectivity index (χ1n) is 5.54. The molecule has 0 fully saturated rings. The van der Waals surface area contributed by atoms with Gasteiger partial charge in [-0.1, -0.05) is 17.7 Å². The van der Waals surface area contributed by atoms with Crippen molar-refractivity contribution in [1.29, 1.82) is 0 Å². The number of hydrogen-bond donors (Lipinski definition) is 0. The van der Waals surface area contributed by atoms with Crippen molar-refractivity contribution in [2.45, 2.75) is 6.54 Å². The maximum atomic E-state index is 13.6. The van der Waals surface area contributed by atoms with Gasteiger partial charge in [0.1, 0.15) is 28.8 Å². The van der Waals surface area contributed by atoms with E-state index < -0.39 is 11.6 Å². The molecule has 0 N–H and O–H groups in total. The quantitative estimate of drug-likeness (QED) is 0.673. The molecule has 3 rings (SSSR count). The summed E-state index contributed by atoms with van der Waals surface area (Å²) in [5, 5.41) is 1.05. The highest BCUT2D eigenvalue weighted by molar-refractivity contribution is 6.33. The van der Waals surface area contributed by atoms with Gasteiger partial charge in [0, 0.05) is 17.8 Å². The van der Waals surface area contributed by atoms with Gasteiger partial charge in [0.15, 0.2) is 0 Å². The first-order chi connectivity index (χ1) is 9.15. The van der Waals surface area contributed by atoms with Crippen molar-refractivity contribution >= 4 is 22.6 Å². The van der Waals surface area contributed by atoms with Crippen LogP contribution in [0.2, 0.25) is 5.15 Å². The van der Waals surface area contributed by atoms with Crippen LogP contribution in [0.3, 0.4) is 0 Å². The summed E-state index contributed by atoms with van der Waals surface area (Å²) in [4.78, 5) is 7.99. The van der Waals surface area contributed by atoms with Crippen LogP contribution in [0.25, 0.3) is 11.0 Å². The Bertz CT molecular complexity index is 755. The molecule has 0 saturated carbocycles. The van der Waals surface area contributed by atoms with E-state index in [0.29, 0.717) is 21.7 Å². The van der Waals surface area contributed by atoms with Crippen molar-refractivity contribution in [2.24, 2.45) is 0 Å². The van der Waals surface area contributed by atoms with Gasteiger partial charge >= 0.3 is 0 Å². The van der Waals surface area contributed by atoms with Crippen molar-refractivity contribution < 1.29 is 8.78 Å². The zero-order valence-corrected chi connectivity index (χ0v) is 10.4. The fourth-order valence-corrected chi connectivity index (χ4v) is 2.13. The second-order valence-electron chi connectivity index (χ2n) is 4.08. The number of hydrogen-bond acceptors (Lipinski definition) is 2. The van der Waals surface area contributed by atoms with Crippen molar-refractivity contribution in [3.8, 4) is 0 Å². The van der Waals surface area contributed by atoms with Crippen LogP contribution in [0.1, 0.15) is 5.56 Å². The molecule has 0 atom stereocenters. The third kappa shape index (κ3) is 2.17. The minimum absolute atomic E-state index is 0.253. The average molecular weight is 280 g/mol. The monoisotopic (exact) mass is 279 g/mol. The molecule has 3 nitrogen and oxygen atoms in total. The molecule has 0 spiro atoms. The predicted octanol–water partition coefficient (Wildman–Crippen LogP) is 3.41. The van der Waals surface area contributed by atoms with E-state index in [0.717, 1.165) is 6.07 Å². The first-order valence-corrected chi connectivity index (χ1v) is 5.92. The molecule has 0 saturated heterocycles. The summed E-state index contributed by atoms with van der Waals surface area (Å²) in [6, 6.07) is 5.27. The molecule has 0 aliphatic rings. The van der Waals surface area contributed by atoms with Gasteiger partial charge in [-0.2, -0.15) is 0 Å². The molecule has 96 valence electrons. The molecule has 0 aliphatic heterocycles. The lowest BCUT2D eigenvalue weighted by Gasteiger charge is -2.06. The Hall–Kier alpha value is -2.01. The van der Waals surface area contributed by atoms with Crippen molar-refractivity contribution in [3.05, 3.63) is 59.1 Å². The van der Waals surface area contributed by atoms with Crippen LogP contribution in [0, 0.1) is 11.6 Å². The third-order valence-electron chi connectivity index (χ3n) is 2.86. The fourth-order valence-electron chi connectivity index (χ4n) is 1.93. The van der Waals surface area contributed by atoms with Crippen molar-refractivity contribution in [3.63, 3.8) is 0 Å². The van der Waals surface area contributed by atoms with Crippen LogP contribution in [-0.4, -0.2) is 14.5 Å². The topological polar surface area (TPSA) is 30.7 Å². The van der Waals surface area contributed by atoms with Gasteiger partial charge in [0.05, 0.1) is 11.9 Å². The Labute approximate surface area is 112 Å². The van der Waals surface area contributed by atoms with E-state index in [1.807, 2.05) is 0 Å². The van der Waals surface area contributed by atoms with Crippen LogP contribution in [-0.2, 0) is 6.54 Å². The van der Waals surface area contributed by atoms with Gasteiger partial charge in [-0.15, -0.1) is 0 Å². The molecule has 0 unspecified atom stereocenters. The lowest BCUT2D eigenvalue weighted by Crippen LogP contribution is -2.02. The zero-order chi connectivity index (χ0) is 13.4. The van der Waals surface area contributed by atoms with Gasteiger partial charge in [0.2, 0.25) is 0 Å². The molecule has 0 aliphatic carbocycles. The molecular formula is C13H8ClF2N3. The van der Waals surface area contributed by atoms with Crippen LogP contribution < -0.4 is 0 Å². The summed E-state index contributed by atoms with van der Waals surface area (Å²) < 4.78 is 28.2. The Balaban J connectivity index is 2.04. The van der Waals surface area contributed by atoms with E-state index in [9.17, 15) is 8.78 Å². The molecule has 0 radical (unpaired) electrons. The zero-order valence-electron chi connectivity index (χ0n) is 9.65. The van der Waals surface area contributed by atoms with Crippen LogP contribution >= 0.6 is 11.6 Å². The number of fused-ring (bicyclic) bond motifs is 1. The van der Waals surface area contributed by atoms with Crippen molar-refractivity contribution in [2.75, 3.05) is 0 Å². The smallest absolute Gasteiger partial charge is 0.145 e. The first kappa shape index (κ1) is 12.0. The van der Waals surface area contributed by atoms with Gasteiger partial charge in [-0.05, 0) is 12.1 Å². The van der Waals surface area contributed by atoms with Crippen LogP contribution in [0.5, 0.6) is 0 Å². The largest absolute Gasteiger partial charge is 0.328 e. The van der Waals surface area contributed by atoms with Gasteiger partial charge in [-0.3, -0.25) is 0 Å². The lowest BCUT2D eigenvalue weighted by atomic mass is 10.2. The predicted molar refractivity (Wildman–Crippen MR) is 68.0 cm³/mol. The van der Waals surface area contributed by atoms with Crippen LogP contribution in [0.15, 0.2) is 36.8 Å². The SMILES string of the molecule is Fc1ccc(Cn2ccc3c(Cl)ncnc32)c(F)c1. The van der Waals surface area contributed by atoms with E-state index in [4.69, 9.17) is 11.6 Å². The van der Waals surface area contributed by atoms with E-state index in [1.54, 1.807) is 16.8 Å².